The van der Waals surface area contributed by atoms with Crippen LogP contribution in [0.2, 0.25) is 19.6 Å². The molecule has 0 fully saturated rings. The molecular formula is C29H30N3Si+. The first-order valence-corrected chi connectivity index (χ1v) is 15.0. The Morgan fingerprint density at radius 2 is 1.55 bits per heavy atom. The van der Waals surface area contributed by atoms with Crippen molar-refractivity contribution in [3.63, 3.8) is 0 Å². The van der Waals surface area contributed by atoms with Crippen LogP contribution >= 0.6 is 0 Å². The van der Waals surface area contributed by atoms with Crippen LogP contribution in [-0.4, -0.2) is 17.6 Å². The summed E-state index contributed by atoms with van der Waals surface area (Å²) in [6, 6.07) is 28.5. The van der Waals surface area contributed by atoms with E-state index in [-0.39, 0.29) is 0 Å². The lowest BCUT2D eigenvalue weighted by molar-refractivity contribution is -0.633. The largest absolute Gasteiger partial charge is 0.296 e. The van der Waals surface area contributed by atoms with Gasteiger partial charge in [-0.2, -0.15) is 4.57 Å². The van der Waals surface area contributed by atoms with Gasteiger partial charge in [-0.1, -0.05) is 74.2 Å². The van der Waals surface area contributed by atoms with E-state index in [0.717, 1.165) is 11.4 Å². The number of para-hydroxylation sites is 2. The predicted molar refractivity (Wildman–Crippen MR) is 141 cm³/mol. The predicted octanol–water partition coefficient (Wildman–Crippen LogP) is 6.04. The molecule has 3 nitrogen and oxygen atoms in total. The van der Waals surface area contributed by atoms with Crippen LogP contribution in [0.4, 0.5) is 0 Å². The highest BCUT2D eigenvalue weighted by Gasteiger charge is 2.31. The summed E-state index contributed by atoms with van der Waals surface area (Å²) in [5.74, 6) is 1.16. The average molecular weight is 449 g/mol. The Morgan fingerprint density at radius 3 is 2.27 bits per heavy atom. The van der Waals surface area contributed by atoms with Crippen LogP contribution in [0.3, 0.4) is 0 Å². The van der Waals surface area contributed by atoms with Gasteiger partial charge < -0.3 is 0 Å². The highest BCUT2D eigenvalue weighted by Crippen LogP contribution is 2.30. The van der Waals surface area contributed by atoms with Crippen LogP contribution in [0.1, 0.15) is 5.56 Å². The van der Waals surface area contributed by atoms with Crippen molar-refractivity contribution in [2.45, 2.75) is 26.6 Å². The molecule has 5 aromatic rings. The molecule has 0 spiro atoms. The summed E-state index contributed by atoms with van der Waals surface area (Å²) in [5.41, 5.74) is 8.61. The second-order valence-electron chi connectivity index (χ2n) is 9.75. The van der Waals surface area contributed by atoms with Crippen molar-refractivity contribution in [1.82, 2.24) is 9.55 Å². The summed E-state index contributed by atoms with van der Waals surface area (Å²) in [6.45, 7) is 9.46. The summed E-state index contributed by atoms with van der Waals surface area (Å²) in [5, 5.41) is 1.45. The quantitative estimate of drug-likeness (QED) is 0.243. The highest BCUT2D eigenvalue weighted by molar-refractivity contribution is 6.89. The number of nitrogens with zero attached hydrogens (tertiary/aromatic N) is 3. The average Bonchev–Trinajstić information content (AvgIpc) is 3.11. The van der Waals surface area contributed by atoms with Crippen LogP contribution in [0, 0.1) is 6.92 Å². The Bertz CT molecular complexity index is 1460. The smallest absolute Gasteiger partial charge is 0.264 e. The van der Waals surface area contributed by atoms with Gasteiger partial charge in [0, 0.05) is 12.4 Å². The van der Waals surface area contributed by atoms with Crippen LogP contribution in [0.5, 0.6) is 0 Å². The molecule has 0 bridgehead atoms. The standard InChI is InChI=1S/C29H30N3Si/c1-21-17-18-30-20-24(21)29-31(2)25-13-9-10-14-26(25)32(29)27-16-15-23(19-28(27)33(3,4)5)22-11-7-6-8-12-22/h6-20H,1-5H3/q+1. The van der Waals surface area contributed by atoms with E-state index in [4.69, 9.17) is 0 Å². The molecule has 0 radical (unpaired) electrons. The normalized spacial score (nSPS) is 11.8. The third-order valence-corrected chi connectivity index (χ3v) is 8.46. The number of pyridine rings is 1. The van der Waals surface area contributed by atoms with Crippen molar-refractivity contribution in [1.29, 1.82) is 0 Å². The number of fused-ring (bicyclic) bond motifs is 1. The van der Waals surface area contributed by atoms with Crippen LogP contribution in [0.25, 0.3) is 39.2 Å². The molecule has 0 saturated heterocycles. The fraction of sp³-hybridized carbons (Fsp3) is 0.172. The fourth-order valence-corrected chi connectivity index (χ4v) is 6.25. The molecule has 0 aliphatic heterocycles. The number of hydrogen-bond donors (Lipinski definition) is 0. The Balaban J connectivity index is 1.87. The van der Waals surface area contributed by atoms with Crippen LogP contribution in [0.15, 0.2) is 91.3 Å². The van der Waals surface area contributed by atoms with E-state index in [1.54, 1.807) is 0 Å². The second-order valence-corrected chi connectivity index (χ2v) is 14.8. The van der Waals surface area contributed by atoms with Gasteiger partial charge in [0.25, 0.3) is 5.82 Å². The van der Waals surface area contributed by atoms with Crippen molar-refractivity contribution in [3.8, 4) is 28.2 Å². The first kappa shape index (κ1) is 21.3. The van der Waals surface area contributed by atoms with E-state index in [1.807, 2.05) is 12.4 Å². The van der Waals surface area contributed by atoms with Gasteiger partial charge in [0.2, 0.25) is 0 Å². The van der Waals surface area contributed by atoms with Crippen molar-refractivity contribution in [3.05, 3.63) is 96.8 Å². The SMILES string of the molecule is Cc1ccncc1-c1n(-c2ccc(-c3ccccc3)cc2[Si](C)(C)C)c2ccccc2[n+]1C. The number of imidazole rings is 1. The zero-order chi connectivity index (χ0) is 23.2. The lowest BCUT2D eigenvalue weighted by Gasteiger charge is -2.21. The number of aryl methyl sites for hydroxylation is 2. The number of hydrogen-bond acceptors (Lipinski definition) is 1. The van der Waals surface area contributed by atoms with E-state index in [2.05, 4.69) is 127 Å². The van der Waals surface area contributed by atoms with E-state index in [0.29, 0.717) is 0 Å². The molecule has 0 saturated carbocycles. The number of aromatic nitrogens is 3. The Labute approximate surface area is 197 Å². The summed E-state index contributed by atoms with van der Waals surface area (Å²) in [6.07, 6.45) is 3.86. The van der Waals surface area contributed by atoms with Gasteiger partial charge in [0.05, 0.1) is 20.7 Å². The summed E-state index contributed by atoms with van der Waals surface area (Å²) >= 11 is 0. The van der Waals surface area contributed by atoms with Gasteiger partial charge >= 0.3 is 0 Å². The molecule has 0 unspecified atom stereocenters. The van der Waals surface area contributed by atoms with Crippen molar-refractivity contribution in [2.24, 2.45) is 7.05 Å². The van der Waals surface area contributed by atoms with E-state index >= 15 is 0 Å². The first-order chi connectivity index (χ1) is 15.9. The van der Waals surface area contributed by atoms with Crippen molar-refractivity contribution < 1.29 is 4.57 Å². The summed E-state index contributed by atoms with van der Waals surface area (Å²) in [4.78, 5) is 4.47. The third kappa shape index (κ3) is 3.70. The molecule has 0 aliphatic rings. The molecule has 3 aromatic carbocycles. The van der Waals surface area contributed by atoms with Gasteiger partial charge in [0.15, 0.2) is 11.0 Å². The Kier molecular flexibility index (Phi) is 5.26. The molecular weight excluding hydrogens is 418 g/mol. The van der Waals surface area contributed by atoms with Gasteiger partial charge in [-0.05, 0) is 53.1 Å². The maximum atomic E-state index is 4.47. The van der Waals surface area contributed by atoms with Crippen molar-refractivity contribution >= 4 is 24.3 Å². The number of rotatable bonds is 4. The molecule has 0 amide bonds. The monoisotopic (exact) mass is 448 g/mol. The van der Waals surface area contributed by atoms with Crippen LogP contribution in [-0.2, 0) is 7.05 Å². The minimum Gasteiger partial charge on any atom is -0.264 e. The third-order valence-electron chi connectivity index (χ3n) is 6.45. The topological polar surface area (TPSA) is 21.7 Å². The zero-order valence-corrected chi connectivity index (χ0v) is 21.0. The van der Waals surface area contributed by atoms with Gasteiger partial charge in [-0.3, -0.25) is 4.98 Å². The maximum absolute atomic E-state index is 4.47. The molecule has 33 heavy (non-hydrogen) atoms. The lowest BCUT2D eigenvalue weighted by Crippen LogP contribution is -2.41. The minimum absolute atomic E-state index is 1.16. The second kappa shape index (κ2) is 8.12. The summed E-state index contributed by atoms with van der Waals surface area (Å²) in [7, 11) is 0.474. The van der Waals surface area contributed by atoms with E-state index < -0.39 is 8.07 Å². The van der Waals surface area contributed by atoms with Gasteiger partial charge in [-0.15, -0.1) is 0 Å². The molecule has 0 N–H and O–H groups in total. The molecule has 0 aliphatic carbocycles. The molecule has 0 atom stereocenters. The zero-order valence-electron chi connectivity index (χ0n) is 20.0. The van der Waals surface area contributed by atoms with E-state index in [1.165, 1.54) is 38.6 Å². The molecule has 164 valence electrons. The maximum Gasteiger partial charge on any atom is 0.296 e. The van der Waals surface area contributed by atoms with Crippen molar-refractivity contribution in [2.75, 3.05) is 0 Å². The van der Waals surface area contributed by atoms with Gasteiger partial charge in [-0.25, -0.2) is 4.57 Å². The summed E-state index contributed by atoms with van der Waals surface area (Å²) < 4.78 is 4.75. The Morgan fingerprint density at radius 1 is 0.818 bits per heavy atom. The first-order valence-electron chi connectivity index (χ1n) is 11.5. The Hall–Kier alpha value is -3.50. The van der Waals surface area contributed by atoms with Crippen LogP contribution < -0.4 is 9.75 Å². The lowest BCUT2D eigenvalue weighted by atomic mass is 10.1. The minimum atomic E-state index is -1.69. The van der Waals surface area contributed by atoms with Gasteiger partial charge in [0.1, 0.15) is 5.69 Å². The highest BCUT2D eigenvalue weighted by atomic mass is 28.3. The molecule has 4 heteroatoms. The fourth-order valence-electron chi connectivity index (χ4n) is 4.70. The molecule has 2 aromatic heterocycles. The molecule has 2 heterocycles. The number of benzene rings is 3. The molecule has 5 rings (SSSR count). The van der Waals surface area contributed by atoms with E-state index in [9.17, 15) is 0 Å².